The molecule has 208 valence electrons. The molecule has 3 aromatic carbocycles. The Bertz CT molecular complexity index is 1530. The molecular formula is C31H32ClFN4O3. The summed E-state index contributed by atoms with van der Waals surface area (Å²) in [5.41, 5.74) is 4.15. The van der Waals surface area contributed by atoms with E-state index in [-0.39, 0.29) is 11.8 Å². The quantitative estimate of drug-likeness (QED) is 0.278. The van der Waals surface area contributed by atoms with Crippen molar-refractivity contribution in [3.63, 3.8) is 0 Å². The van der Waals surface area contributed by atoms with Gasteiger partial charge >= 0.3 is 0 Å². The van der Waals surface area contributed by atoms with Crippen LogP contribution in [-0.2, 0) is 11.3 Å². The standard InChI is InChI=1S/C31H32ClFN4O3/c1-20-25(30(38)34-13-16-40-2)9-10-29-27(20)19-37(35-29)18-21-11-14-36(15-12-21)31(39)23-5-3-22(4-6-23)26-8-7-24(32)17-28(26)33/h3-10,17,19,21H,11-16,18H2,1-2H3,(H,34,38). The highest BCUT2D eigenvalue weighted by molar-refractivity contribution is 6.30. The van der Waals surface area contributed by atoms with E-state index in [0.717, 1.165) is 35.9 Å². The number of halogens is 2. The van der Waals surface area contributed by atoms with Crippen LogP contribution in [0.2, 0.25) is 5.02 Å². The second-order valence-corrected chi connectivity index (χ2v) is 10.6. The minimum absolute atomic E-state index is 0.0154. The summed E-state index contributed by atoms with van der Waals surface area (Å²) in [7, 11) is 1.60. The number of nitrogens with zero attached hydrogens (tertiary/aromatic N) is 3. The summed E-state index contributed by atoms with van der Waals surface area (Å²) in [4.78, 5) is 27.6. The summed E-state index contributed by atoms with van der Waals surface area (Å²) in [6.07, 6.45) is 3.77. The molecule has 2 heterocycles. The molecule has 5 rings (SSSR count). The number of nitrogens with one attached hydrogen (secondary N) is 1. The van der Waals surface area contributed by atoms with Gasteiger partial charge in [0.25, 0.3) is 11.8 Å². The maximum atomic E-state index is 14.3. The number of aryl methyl sites for hydroxylation is 1. The van der Waals surface area contributed by atoms with Gasteiger partial charge in [0.2, 0.25) is 0 Å². The number of carbonyl (C=O) groups excluding carboxylic acids is 2. The molecule has 0 saturated carbocycles. The molecule has 1 aliphatic heterocycles. The zero-order valence-electron chi connectivity index (χ0n) is 22.6. The van der Waals surface area contributed by atoms with Crippen LogP contribution in [0.15, 0.2) is 60.8 Å². The first kappa shape index (κ1) is 27.8. The van der Waals surface area contributed by atoms with E-state index >= 15 is 0 Å². The molecule has 0 aliphatic carbocycles. The molecule has 0 atom stereocenters. The number of rotatable bonds is 8. The SMILES string of the molecule is COCCNC(=O)c1ccc2nn(CC3CCN(C(=O)c4ccc(-c5ccc(Cl)cc5F)cc4)CC3)cc2c1C. The van der Waals surface area contributed by atoms with Crippen LogP contribution in [0.1, 0.15) is 39.1 Å². The molecule has 1 aromatic heterocycles. The maximum Gasteiger partial charge on any atom is 0.253 e. The lowest BCUT2D eigenvalue weighted by atomic mass is 9.96. The van der Waals surface area contributed by atoms with Crippen molar-refractivity contribution in [3.05, 3.63) is 88.3 Å². The van der Waals surface area contributed by atoms with Crippen LogP contribution >= 0.6 is 11.6 Å². The van der Waals surface area contributed by atoms with E-state index in [2.05, 4.69) is 5.32 Å². The zero-order chi connectivity index (χ0) is 28.2. The second kappa shape index (κ2) is 12.2. The van der Waals surface area contributed by atoms with Gasteiger partial charge in [0, 0.05) is 66.6 Å². The van der Waals surface area contributed by atoms with E-state index in [1.165, 1.54) is 6.07 Å². The fourth-order valence-corrected chi connectivity index (χ4v) is 5.42. The van der Waals surface area contributed by atoms with Crippen molar-refractivity contribution >= 4 is 34.3 Å². The van der Waals surface area contributed by atoms with Crippen LogP contribution in [0.4, 0.5) is 4.39 Å². The van der Waals surface area contributed by atoms with Gasteiger partial charge < -0.3 is 15.0 Å². The molecule has 0 bridgehead atoms. The van der Waals surface area contributed by atoms with Crippen LogP contribution in [0.25, 0.3) is 22.0 Å². The van der Waals surface area contributed by atoms with Gasteiger partial charge in [0.1, 0.15) is 5.82 Å². The number of methoxy groups -OCH3 is 1. The fraction of sp³-hybridized carbons (Fsp3) is 0.323. The lowest BCUT2D eigenvalue weighted by Crippen LogP contribution is -2.39. The first-order valence-corrected chi connectivity index (χ1v) is 13.8. The second-order valence-electron chi connectivity index (χ2n) is 10.2. The van der Waals surface area contributed by atoms with Gasteiger partial charge in [-0.3, -0.25) is 14.3 Å². The van der Waals surface area contributed by atoms with Crippen molar-refractivity contribution in [3.8, 4) is 11.1 Å². The van der Waals surface area contributed by atoms with E-state index < -0.39 is 5.82 Å². The Labute approximate surface area is 237 Å². The van der Waals surface area contributed by atoms with Crippen molar-refractivity contribution < 1.29 is 18.7 Å². The van der Waals surface area contributed by atoms with Crippen molar-refractivity contribution in [1.29, 1.82) is 0 Å². The minimum atomic E-state index is -0.391. The summed E-state index contributed by atoms with van der Waals surface area (Å²) in [5.74, 6) is -0.130. The summed E-state index contributed by atoms with van der Waals surface area (Å²) in [6, 6.07) is 15.3. The lowest BCUT2D eigenvalue weighted by Gasteiger charge is -2.32. The summed E-state index contributed by atoms with van der Waals surface area (Å²) in [5, 5.41) is 8.93. The molecule has 1 aliphatic rings. The van der Waals surface area contributed by atoms with Crippen LogP contribution in [0.3, 0.4) is 0 Å². The first-order valence-electron chi connectivity index (χ1n) is 13.4. The zero-order valence-corrected chi connectivity index (χ0v) is 23.4. The average Bonchev–Trinajstić information content (AvgIpc) is 3.37. The van der Waals surface area contributed by atoms with E-state index in [4.69, 9.17) is 21.4 Å². The topological polar surface area (TPSA) is 76.5 Å². The van der Waals surface area contributed by atoms with Gasteiger partial charge in [-0.2, -0.15) is 5.10 Å². The van der Waals surface area contributed by atoms with Gasteiger partial charge in [0.05, 0.1) is 12.1 Å². The third-order valence-electron chi connectivity index (χ3n) is 7.56. The Morgan fingerprint density at radius 3 is 2.55 bits per heavy atom. The Morgan fingerprint density at radius 2 is 1.85 bits per heavy atom. The Balaban J connectivity index is 1.18. The van der Waals surface area contributed by atoms with Crippen molar-refractivity contribution in [2.75, 3.05) is 33.4 Å². The molecule has 0 radical (unpaired) electrons. The first-order chi connectivity index (χ1) is 19.3. The monoisotopic (exact) mass is 562 g/mol. The fourth-order valence-electron chi connectivity index (χ4n) is 5.26. The third-order valence-corrected chi connectivity index (χ3v) is 7.80. The van der Waals surface area contributed by atoms with Crippen LogP contribution in [-0.4, -0.2) is 59.8 Å². The van der Waals surface area contributed by atoms with Crippen molar-refractivity contribution in [2.45, 2.75) is 26.3 Å². The largest absolute Gasteiger partial charge is 0.383 e. The van der Waals surface area contributed by atoms with Crippen molar-refractivity contribution in [1.82, 2.24) is 20.0 Å². The maximum absolute atomic E-state index is 14.3. The number of hydrogen-bond donors (Lipinski definition) is 1. The molecule has 1 N–H and O–H groups in total. The Hall–Kier alpha value is -3.75. The highest BCUT2D eigenvalue weighted by Gasteiger charge is 2.24. The number of piperidine rings is 1. The Kier molecular flexibility index (Phi) is 8.47. The number of fused-ring (bicyclic) bond motifs is 1. The summed E-state index contributed by atoms with van der Waals surface area (Å²) >= 11 is 5.86. The number of benzene rings is 3. The molecular weight excluding hydrogens is 531 g/mol. The minimum Gasteiger partial charge on any atom is -0.383 e. The number of aromatic nitrogens is 2. The molecule has 2 amide bonds. The molecule has 1 saturated heterocycles. The summed E-state index contributed by atoms with van der Waals surface area (Å²) in [6.45, 7) is 4.97. The molecule has 40 heavy (non-hydrogen) atoms. The van der Waals surface area contributed by atoms with Crippen LogP contribution < -0.4 is 5.32 Å². The molecule has 4 aromatic rings. The number of likely N-dealkylation sites (tertiary alicyclic amines) is 1. The van der Waals surface area contributed by atoms with E-state index in [1.54, 1.807) is 43.5 Å². The molecule has 1 fully saturated rings. The van der Waals surface area contributed by atoms with Gasteiger partial charge in [-0.05, 0) is 79.3 Å². The smallest absolute Gasteiger partial charge is 0.253 e. The van der Waals surface area contributed by atoms with Gasteiger partial charge in [-0.1, -0.05) is 23.7 Å². The Morgan fingerprint density at radius 1 is 1.10 bits per heavy atom. The predicted molar refractivity (Wildman–Crippen MR) is 154 cm³/mol. The van der Waals surface area contributed by atoms with Crippen molar-refractivity contribution in [2.24, 2.45) is 5.92 Å². The number of amides is 2. The normalized spacial score (nSPS) is 14.1. The highest BCUT2D eigenvalue weighted by Crippen LogP contribution is 2.27. The highest BCUT2D eigenvalue weighted by atomic mass is 35.5. The molecule has 7 nitrogen and oxygen atoms in total. The molecule has 0 spiro atoms. The van der Waals surface area contributed by atoms with E-state index in [9.17, 15) is 14.0 Å². The lowest BCUT2D eigenvalue weighted by molar-refractivity contribution is 0.0681. The van der Waals surface area contributed by atoms with Gasteiger partial charge in [-0.15, -0.1) is 0 Å². The predicted octanol–water partition coefficient (Wildman–Crippen LogP) is 5.73. The van der Waals surface area contributed by atoms with Gasteiger partial charge in [-0.25, -0.2) is 4.39 Å². The number of carbonyl (C=O) groups is 2. The number of ether oxygens (including phenoxy) is 1. The summed E-state index contributed by atoms with van der Waals surface area (Å²) < 4.78 is 21.2. The van der Waals surface area contributed by atoms with E-state index in [1.807, 2.05) is 34.8 Å². The van der Waals surface area contributed by atoms with E-state index in [0.29, 0.717) is 59.4 Å². The number of hydrogen-bond acceptors (Lipinski definition) is 4. The third kappa shape index (κ3) is 6.03. The molecule has 9 heteroatoms. The van der Waals surface area contributed by atoms with Crippen LogP contribution in [0, 0.1) is 18.7 Å². The molecule has 0 unspecified atom stereocenters. The average molecular weight is 563 g/mol. The van der Waals surface area contributed by atoms with Gasteiger partial charge in [0.15, 0.2) is 0 Å². The van der Waals surface area contributed by atoms with Crippen LogP contribution in [0.5, 0.6) is 0 Å².